The molecule has 0 aromatic heterocycles. The number of fused-ring (bicyclic) bond motifs is 2. The summed E-state index contributed by atoms with van der Waals surface area (Å²) in [5, 5.41) is 3.51. The van der Waals surface area contributed by atoms with E-state index in [0.717, 1.165) is 12.0 Å². The number of piperidine rings is 1. The van der Waals surface area contributed by atoms with E-state index in [-0.39, 0.29) is 1.43 Å². The minimum Gasteiger partial charge on any atom is -0.314 e. The smallest absolute Gasteiger partial charge is 0.00698 e. The van der Waals surface area contributed by atoms with Crippen molar-refractivity contribution in [2.75, 3.05) is 6.54 Å². The second-order valence-corrected chi connectivity index (χ2v) is 3.12. The van der Waals surface area contributed by atoms with Gasteiger partial charge in [0.2, 0.25) is 0 Å². The molecule has 1 aliphatic carbocycles. The highest BCUT2D eigenvalue weighted by Crippen LogP contribution is 2.30. The van der Waals surface area contributed by atoms with Crippen LogP contribution in [0.3, 0.4) is 0 Å². The van der Waals surface area contributed by atoms with Crippen LogP contribution in [-0.4, -0.2) is 12.6 Å². The van der Waals surface area contributed by atoms with E-state index in [0.29, 0.717) is 0 Å². The summed E-state index contributed by atoms with van der Waals surface area (Å²) in [5.74, 6) is 1.10. The van der Waals surface area contributed by atoms with Crippen LogP contribution in [0, 0.1) is 5.92 Å². The van der Waals surface area contributed by atoms with Crippen LogP contribution in [0.15, 0.2) is 0 Å². The lowest BCUT2D eigenvalue weighted by atomic mass is 10.0. The van der Waals surface area contributed by atoms with Gasteiger partial charge in [-0.15, -0.1) is 0 Å². The first-order valence-corrected chi connectivity index (χ1v) is 3.68. The number of rotatable bonds is 0. The molecule has 1 saturated carbocycles. The van der Waals surface area contributed by atoms with E-state index in [2.05, 4.69) is 5.32 Å². The molecule has 1 nitrogen and oxygen atoms in total. The van der Waals surface area contributed by atoms with Crippen LogP contribution in [0.5, 0.6) is 0 Å². The van der Waals surface area contributed by atoms with E-state index in [9.17, 15) is 0 Å². The fraction of sp³-hybridized carbons (Fsp3) is 1.00. The second-order valence-electron chi connectivity index (χ2n) is 3.12. The van der Waals surface area contributed by atoms with E-state index in [4.69, 9.17) is 0 Å². The van der Waals surface area contributed by atoms with Crippen molar-refractivity contribution in [3.8, 4) is 0 Å². The molecule has 1 aliphatic heterocycles. The van der Waals surface area contributed by atoms with Crippen molar-refractivity contribution < 1.29 is 1.43 Å². The molecule has 0 aromatic rings. The molecule has 48 valence electrons. The van der Waals surface area contributed by atoms with Gasteiger partial charge in [0.1, 0.15) is 0 Å². The van der Waals surface area contributed by atoms with Crippen molar-refractivity contribution in [3.63, 3.8) is 0 Å². The van der Waals surface area contributed by atoms with Gasteiger partial charge in [-0.2, -0.15) is 0 Å². The Bertz CT molecular complexity index is 80.9. The Labute approximate surface area is 52.0 Å². The van der Waals surface area contributed by atoms with Crippen molar-refractivity contribution in [1.29, 1.82) is 0 Å². The predicted molar refractivity (Wildman–Crippen MR) is 35.9 cm³/mol. The fourth-order valence-electron chi connectivity index (χ4n) is 2.01. The Morgan fingerprint density at radius 3 is 3.00 bits per heavy atom. The average molecular weight is 113 g/mol. The topological polar surface area (TPSA) is 12.0 Å². The molecule has 1 heterocycles. The summed E-state index contributed by atoms with van der Waals surface area (Å²) in [5.41, 5.74) is 0. The van der Waals surface area contributed by atoms with Gasteiger partial charge in [0, 0.05) is 7.47 Å². The third-order valence-corrected chi connectivity index (χ3v) is 2.53. The molecule has 1 N–H and O–H groups in total. The van der Waals surface area contributed by atoms with Gasteiger partial charge < -0.3 is 5.32 Å². The third-order valence-electron chi connectivity index (χ3n) is 2.53. The van der Waals surface area contributed by atoms with Crippen molar-refractivity contribution in [2.45, 2.75) is 31.7 Å². The normalized spacial score (nSPS) is 45.0. The van der Waals surface area contributed by atoms with Crippen LogP contribution in [0.4, 0.5) is 0 Å². The molecule has 2 fully saturated rings. The van der Waals surface area contributed by atoms with Gasteiger partial charge in [0.25, 0.3) is 0 Å². The molecule has 2 unspecified atom stereocenters. The Balaban J connectivity index is 0.000000405. The average Bonchev–Trinajstić information content (AvgIpc) is 2.12. The quantitative estimate of drug-likeness (QED) is 0.500. The van der Waals surface area contributed by atoms with Gasteiger partial charge >= 0.3 is 0 Å². The van der Waals surface area contributed by atoms with Crippen LogP contribution >= 0.6 is 0 Å². The monoisotopic (exact) mass is 113 g/mol. The Hall–Kier alpha value is -0.0400. The summed E-state index contributed by atoms with van der Waals surface area (Å²) >= 11 is 0. The van der Waals surface area contributed by atoms with Gasteiger partial charge in [-0.3, -0.25) is 0 Å². The first-order chi connectivity index (χ1) is 3.95. The molecule has 2 aliphatic rings. The molecule has 8 heavy (non-hydrogen) atoms. The maximum atomic E-state index is 3.51. The Morgan fingerprint density at radius 1 is 1.25 bits per heavy atom. The highest BCUT2D eigenvalue weighted by atomic mass is 14.9. The number of hydrogen-bond acceptors (Lipinski definition) is 1. The van der Waals surface area contributed by atoms with Crippen LogP contribution in [0.25, 0.3) is 0 Å². The maximum absolute atomic E-state index is 3.51. The van der Waals surface area contributed by atoms with E-state index in [1.54, 1.807) is 0 Å². The Morgan fingerprint density at radius 2 is 2.25 bits per heavy atom. The third kappa shape index (κ3) is 0.655. The molecule has 2 bridgehead atoms. The highest BCUT2D eigenvalue weighted by molar-refractivity contribution is 4.85. The fourth-order valence-corrected chi connectivity index (χ4v) is 2.01. The molecule has 1 saturated heterocycles. The second kappa shape index (κ2) is 1.73. The van der Waals surface area contributed by atoms with Crippen molar-refractivity contribution >= 4 is 0 Å². The first kappa shape index (κ1) is 4.80. The summed E-state index contributed by atoms with van der Waals surface area (Å²) in [7, 11) is 0. The molecule has 1 heteroatoms. The number of nitrogens with one attached hydrogen (secondary N) is 1. The molecule has 0 amide bonds. The maximum Gasteiger partial charge on any atom is 0.00698 e. The summed E-state index contributed by atoms with van der Waals surface area (Å²) in [6.45, 7) is 1.29. The zero-order valence-electron chi connectivity index (χ0n) is 5.19. The largest absolute Gasteiger partial charge is 0.314 e. The van der Waals surface area contributed by atoms with Crippen LogP contribution in [0.1, 0.15) is 27.1 Å². The van der Waals surface area contributed by atoms with E-state index < -0.39 is 0 Å². The van der Waals surface area contributed by atoms with Crippen molar-refractivity contribution in [3.05, 3.63) is 0 Å². The van der Waals surface area contributed by atoms with Gasteiger partial charge in [0.15, 0.2) is 0 Å². The molecular weight excluding hydrogens is 98.1 g/mol. The minimum absolute atomic E-state index is 0. The van der Waals surface area contributed by atoms with Gasteiger partial charge in [-0.25, -0.2) is 0 Å². The first-order valence-electron chi connectivity index (χ1n) is 3.68. The van der Waals surface area contributed by atoms with E-state index in [1.165, 1.54) is 32.2 Å². The minimum atomic E-state index is 0. The SMILES string of the molecule is C1CC2CCC(C2)N1.[HH]. The van der Waals surface area contributed by atoms with Crippen LogP contribution in [0.2, 0.25) is 0 Å². The zero-order valence-corrected chi connectivity index (χ0v) is 5.19. The summed E-state index contributed by atoms with van der Waals surface area (Å²) in [6, 6.07) is 0.911. The van der Waals surface area contributed by atoms with Crippen molar-refractivity contribution in [2.24, 2.45) is 5.92 Å². The molecule has 2 atom stereocenters. The predicted octanol–water partition coefficient (Wildman–Crippen LogP) is 1.39. The molecule has 0 aromatic carbocycles. The lowest BCUT2D eigenvalue weighted by Crippen LogP contribution is -2.31. The van der Waals surface area contributed by atoms with E-state index in [1.807, 2.05) is 0 Å². The van der Waals surface area contributed by atoms with E-state index >= 15 is 0 Å². The summed E-state index contributed by atoms with van der Waals surface area (Å²) in [6.07, 6.45) is 5.86. The standard InChI is InChI=1S/C7H13N.H2/c1-2-7-5-6(1)3-4-8-7;/h6-8H,1-5H2;1H. The van der Waals surface area contributed by atoms with Gasteiger partial charge in [-0.1, -0.05) is 0 Å². The molecule has 0 radical (unpaired) electrons. The van der Waals surface area contributed by atoms with Crippen molar-refractivity contribution in [1.82, 2.24) is 5.32 Å². The molecular formula is C7H15N. The Kier molecular flexibility index (Phi) is 1.04. The zero-order chi connectivity index (χ0) is 5.40. The van der Waals surface area contributed by atoms with Gasteiger partial charge in [-0.05, 0) is 38.1 Å². The number of hydrogen-bond donors (Lipinski definition) is 1. The van der Waals surface area contributed by atoms with Gasteiger partial charge in [0.05, 0.1) is 0 Å². The molecule has 2 rings (SSSR count). The lowest BCUT2D eigenvalue weighted by Gasteiger charge is -2.19. The van der Waals surface area contributed by atoms with Crippen LogP contribution in [-0.2, 0) is 0 Å². The lowest BCUT2D eigenvalue weighted by molar-refractivity contribution is 0.391. The highest BCUT2D eigenvalue weighted by Gasteiger charge is 2.27. The summed E-state index contributed by atoms with van der Waals surface area (Å²) in [4.78, 5) is 0. The van der Waals surface area contributed by atoms with Crippen LogP contribution < -0.4 is 5.32 Å². The molecule has 0 spiro atoms. The summed E-state index contributed by atoms with van der Waals surface area (Å²) < 4.78 is 0.